The first-order valence-corrected chi connectivity index (χ1v) is 10.5. The monoisotopic (exact) mass is 400 g/mol. The number of aryl methyl sites for hydroxylation is 1. The number of fused-ring (bicyclic) bond motifs is 1. The van der Waals surface area contributed by atoms with Crippen molar-refractivity contribution in [3.63, 3.8) is 0 Å². The third-order valence-electron chi connectivity index (χ3n) is 5.65. The second-order valence-corrected chi connectivity index (χ2v) is 8.14. The molecule has 1 saturated heterocycles. The molecular formula is C22H32N4O3. The van der Waals surface area contributed by atoms with Gasteiger partial charge in [-0.2, -0.15) is 0 Å². The molecule has 2 amide bonds. The van der Waals surface area contributed by atoms with Crippen molar-refractivity contribution in [1.29, 1.82) is 0 Å². The molecule has 1 aliphatic rings. The molecule has 2 aromatic heterocycles. The number of pyridine rings is 1. The summed E-state index contributed by atoms with van der Waals surface area (Å²) in [4.78, 5) is 31.5. The first-order chi connectivity index (χ1) is 13.9. The number of nitrogens with zero attached hydrogens (tertiary/aromatic N) is 3. The van der Waals surface area contributed by atoms with Crippen LogP contribution in [0.2, 0.25) is 0 Å². The molecule has 0 unspecified atom stereocenters. The SMILES string of the molecule is CC[C@@H]1CN(C(=O)Cc2cnc3c(C)cccn23)CC[C@@H]1NC(=O)COC(C)C. The van der Waals surface area contributed by atoms with Crippen LogP contribution in [0.25, 0.3) is 5.65 Å². The van der Waals surface area contributed by atoms with E-state index < -0.39 is 0 Å². The number of aromatic nitrogens is 2. The van der Waals surface area contributed by atoms with Crippen molar-refractivity contribution in [2.75, 3.05) is 19.7 Å². The van der Waals surface area contributed by atoms with Gasteiger partial charge in [-0.25, -0.2) is 4.98 Å². The summed E-state index contributed by atoms with van der Waals surface area (Å²) in [5, 5.41) is 3.09. The Labute approximate surface area is 172 Å². The Balaban J connectivity index is 1.59. The number of ether oxygens (including phenoxy) is 1. The molecule has 1 fully saturated rings. The molecule has 0 radical (unpaired) electrons. The summed E-state index contributed by atoms with van der Waals surface area (Å²) in [6.07, 6.45) is 5.79. The summed E-state index contributed by atoms with van der Waals surface area (Å²) >= 11 is 0. The highest BCUT2D eigenvalue weighted by Gasteiger charge is 2.31. The van der Waals surface area contributed by atoms with Crippen LogP contribution in [0.4, 0.5) is 0 Å². The Morgan fingerprint density at radius 2 is 2.17 bits per heavy atom. The molecule has 7 heteroatoms. The van der Waals surface area contributed by atoms with E-state index in [-0.39, 0.29) is 36.5 Å². The van der Waals surface area contributed by atoms with Crippen molar-refractivity contribution in [2.45, 2.75) is 59.1 Å². The highest BCUT2D eigenvalue weighted by Crippen LogP contribution is 2.21. The minimum Gasteiger partial charge on any atom is -0.369 e. The quantitative estimate of drug-likeness (QED) is 0.774. The van der Waals surface area contributed by atoms with Crippen molar-refractivity contribution in [3.05, 3.63) is 35.8 Å². The van der Waals surface area contributed by atoms with Crippen LogP contribution < -0.4 is 5.32 Å². The number of carbonyl (C=O) groups is 2. The van der Waals surface area contributed by atoms with Gasteiger partial charge in [0, 0.05) is 31.5 Å². The van der Waals surface area contributed by atoms with Crippen LogP contribution in [0.3, 0.4) is 0 Å². The second-order valence-electron chi connectivity index (χ2n) is 8.14. The zero-order valence-corrected chi connectivity index (χ0v) is 17.9. The second kappa shape index (κ2) is 9.39. The van der Waals surface area contributed by atoms with Crippen LogP contribution in [0.5, 0.6) is 0 Å². The largest absolute Gasteiger partial charge is 0.369 e. The Morgan fingerprint density at radius 3 is 2.90 bits per heavy atom. The molecule has 2 aromatic rings. The van der Waals surface area contributed by atoms with Gasteiger partial charge in [0.15, 0.2) is 0 Å². The van der Waals surface area contributed by atoms with Crippen LogP contribution in [-0.4, -0.2) is 57.9 Å². The Morgan fingerprint density at radius 1 is 1.38 bits per heavy atom. The zero-order chi connectivity index (χ0) is 21.0. The highest BCUT2D eigenvalue weighted by molar-refractivity contribution is 5.79. The molecule has 1 N–H and O–H groups in total. The minimum atomic E-state index is -0.0805. The molecule has 29 heavy (non-hydrogen) atoms. The van der Waals surface area contributed by atoms with Crippen LogP contribution in [-0.2, 0) is 20.7 Å². The molecule has 0 spiro atoms. The van der Waals surface area contributed by atoms with Crippen molar-refractivity contribution in [3.8, 4) is 0 Å². The fourth-order valence-corrected chi connectivity index (χ4v) is 3.95. The lowest BCUT2D eigenvalue weighted by atomic mass is 9.89. The van der Waals surface area contributed by atoms with Gasteiger partial charge >= 0.3 is 0 Å². The maximum absolute atomic E-state index is 12.9. The van der Waals surface area contributed by atoms with E-state index in [1.165, 1.54) is 0 Å². The predicted octanol–water partition coefficient (Wildman–Crippen LogP) is 2.35. The minimum absolute atomic E-state index is 0.0330. The number of hydrogen-bond donors (Lipinski definition) is 1. The number of nitrogens with one attached hydrogen (secondary N) is 1. The number of rotatable bonds is 7. The summed E-state index contributed by atoms with van der Waals surface area (Å²) < 4.78 is 7.38. The van der Waals surface area contributed by atoms with Crippen molar-refractivity contribution in [2.24, 2.45) is 5.92 Å². The predicted molar refractivity (Wildman–Crippen MR) is 112 cm³/mol. The molecule has 0 bridgehead atoms. The number of hydrogen-bond acceptors (Lipinski definition) is 4. The Bertz CT molecular complexity index is 861. The van der Waals surface area contributed by atoms with E-state index in [0.29, 0.717) is 19.5 Å². The molecule has 0 saturated carbocycles. The number of carbonyl (C=O) groups excluding carboxylic acids is 2. The molecule has 3 rings (SSSR count). The van der Waals surface area contributed by atoms with E-state index in [4.69, 9.17) is 4.74 Å². The molecule has 3 heterocycles. The number of piperidine rings is 1. The van der Waals surface area contributed by atoms with E-state index in [9.17, 15) is 9.59 Å². The lowest BCUT2D eigenvalue weighted by Crippen LogP contribution is -2.53. The molecular weight excluding hydrogens is 368 g/mol. The van der Waals surface area contributed by atoms with Gasteiger partial charge in [-0.3, -0.25) is 9.59 Å². The third-order valence-corrected chi connectivity index (χ3v) is 5.65. The van der Waals surface area contributed by atoms with Gasteiger partial charge in [-0.05, 0) is 51.2 Å². The van der Waals surface area contributed by atoms with E-state index in [1.807, 2.05) is 48.4 Å². The van der Waals surface area contributed by atoms with Gasteiger partial charge in [0.1, 0.15) is 12.3 Å². The topological polar surface area (TPSA) is 75.9 Å². The van der Waals surface area contributed by atoms with Crippen molar-refractivity contribution < 1.29 is 14.3 Å². The maximum Gasteiger partial charge on any atom is 0.246 e. The third kappa shape index (κ3) is 5.15. The molecule has 1 aliphatic heterocycles. The molecule has 158 valence electrons. The van der Waals surface area contributed by atoms with E-state index in [1.54, 1.807) is 6.20 Å². The number of amides is 2. The van der Waals surface area contributed by atoms with Gasteiger partial charge in [-0.15, -0.1) is 0 Å². The average molecular weight is 401 g/mol. The van der Waals surface area contributed by atoms with E-state index in [2.05, 4.69) is 17.2 Å². The molecule has 2 atom stereocenters. The first kappa shape index (κ1) is 21.3. The van der Waals surface area contributed by atoms with Gasteiger partial charge in [-0.1, -0.05) is 13.0 Å². The van der Waals surface area contributed by atoms with E-state index >= 15 is 0 Å². The van der Waals surface area contributed by atoms with Crippen LogP contribution in [0, 0.1) is 12.8 Å². The number of likely N-dealkylation sites (tertiary alicyclic amines) is 1. The normalized spacial score (nSPS) is 19.7. The number of imidazole rings is 1. The van der Waals surface area contributed by atoms with E-state index in [0.717, 1.165) is 29.7 Å². The maximum atomic E-state index is 12.9. The summed E-state index contributed by atoms with van der Waals surface area (Å²) in [7, 11) is 0. The van der Waals surface area contributed by atoms with Crippen LogP contribution in [0.1, 0.15) is 44.9 Å². The van der Waals surface area contributed by atoms with Crippen LogP contribution in [0.15, 0.2) is 24.5 Å². The summed E-state index contributed by atoms with van der Waals surface area (Å²) in [6.45, 7) is 9.36. The molecule has 0 aliphatic carbocycles. The molecule has 7 nitrogen and oxygen atoms in total. The van der Waals surface area contributed by atoms with Gasteiger partial charge < -0.3 is 19.4 Å². The lowest BCUT2D eigenvalue weighted by molar-refractivity contribution is -0.133. The summed E-state index contributed by atoms with van der Waals surface area (Å²) in [5.41, 5.74) is 2.89. The first-order valence-electron chi connectivity index (χ1n) is 10.5. The Hall–Kier alpha value is -2.41. The molecule has 0 aromatic carbocycles. The van der Waals surface area contributed by atoms with Crippen LogP contribution >= 0.6 is 0 Å². The van der Waals surface area contributed by atoms with Gasteiger partial charge in [0.2, 0.25) is 11.8 Å². The average Bonchev–Trinajstić information content (AvgIpc) is 3.10. The smallest absolute Gasteiger partial charge is 0.246 e. The highest BCUT2D eigenvalue weighted by atomic mass is 16.5. The van der Waals surface area contributed by atoms with Gasteiger partial charge in [0.05, 0.1) is 18.2 Å². The van der Waals surface area contributed by atoms with Crippen molar-refractivity contribution >= 4 is 17.5 Å². The summed E-state index contributed by atoms with van der Waals surface area (Å²) in [5.74, 6) is 0.280. The fourth-order valence-electron chi connectivity index (χ4n) is 3.95. The lowest BCUT2D eigenvalue weighted by Gasteiger charge is -2.38. The standard InChI is InChI=1S/C22H32N4O3/c1-5-17-13-25(10-8-19(17)24-20(27)14-29-15(2)3)21(28)11-18-12-23-22-16(4)7-6-9-26(18)22/h6-7,9,12,15,17,19H,5,8,10-11,13-14H2,1-4H3,(H,24,27)/t17-,19+/m1/s1. The summed E-state index contributed by atoms with van der Waals surface area (Å²) in [6, 6.07) is 4.08. The Kier molecular flexibility index (Phi) is 6.90. The van der Waals surface area contributed by atoms with Gasteiger partial charge in [0.25, 0.3) is 0 Å². The zero-order valence-electron chi connectivity index (χ0n) is 17.9. The fraction of sp³-hybridized carbons (Fsp3) is 0.591. The van der Waals surface area contributed by atoms with Crippen molar-refractivity contribution in [1.82, 2.24) is 19.6 Å².